The van der Waals surface area contributed by atoms with Crippen LogP contribution in [0.3, 0.4) is 0 Å². The maximum Gasteiger partial charge on any atom is 0.271 e. The number of nitrogens with zero attached hydrogens (tertiary/aromatic N) is 3. The summed E-state index contributed by atoms with van der Waals surface area (Å²) in [6.45, 7) is 7.38. The summed E-state index contributed by atoms with van der Waals surface area (Å²) in [5.41, 5.74) is 2.75. The smallest absolute Gasteiger partial charge is 0.271 e. The van der Waals surface area contributed by atoms with Gasteiger partial charge in [-0.05, 0) is 25.8 Å². The first-order chi connectivity index (χ1) is 12.0. The highest BCUT2D eigenvalue weighted by Crippen LogP contribution is 2.26. The second-order valence-corrected chi connectivity index (χ2v) is 6.50. The fourth-order valence-electron chi connectivity index (χ4n) is 3.71. The van der Waals surface area contributed by atoms with Crippen LogP contribution in [0.5, 0.6) is 0 Å². The van der Waals surface area contributed by atoms with Crippen LogP contribution in [0, 0.1) is 6.92 Å². The molecule has 0 saturated carbocycles. The molecule has 0 radical (unpaired) electrons. The Balaban J connectivity index is 0.00000243. The summed E-state index contributed by atoms with van der Waals surface area (Å²) in [7, 11) is 1.93. The van der Waals surface area contributed by atoms with Gasteiger partial charge < -0.3 is 19.8 Å². The zero-order valence-corrected chi connectivity index (χ0v) is 16.4. The van der Waals surface area contributed by atoms with Gasteiger partial charge in [0.2, 0.25) is 0 Å². The van der Waals surface area contributed by atoms with Gasteiger partial charge in [0.05, 0.1) is 0 Å². The molecule has 1 unspecified atom stereocenters. The number of imidazole rings is 1. The van der Waals surface area contributed by atoms with E-state index in [1.807, 2.05) is 36.6 Å². The van der Waals surface area contributed by atoms with Crippen LogP contribution in [0.25, 0.3) is 0 Å². The lowest BCUT2D eigenvalue weighted by atomic mass is 10.0. The molecule has 0 aromatic carbocycles. The van der Waals surface area contributed by atoms with E-state index in [2.05, 4.69) is 15.3 Å². The van der Waals surface area contributed by atoms with Gasteiger partial charge >= 0.3 is 0 Å². The molecule has 142 valence electrons. The molecule has 0 aliphatic carbocycles. The summed E-state index contributed by atoms with van der Waals surface area (Å²) in [6, 6.07) is -0.129. The number of hydrogen-bond donors (Lipinski definition) is 2. The van der Waals surface area contributed by atoms with E-state index in [1.165, 1.54) is 0 Å². The molecule has 2 N–H and O–H groups in total. The van der Waals surface area contributed by atoms with Gasteiger partial charge in [-0.3, -0.25) is 9.59 Å². The Morgan fingerprint density at radius 1 is 1.38 bits per heavy atom. The van der Waals surface area contributed by atoms with Crippen molar-refractivity contribution in [2.45, 2.75) is 33.2 Å². The number of amides is 1. The molecule has 1 aliphatic rings. The predicted octanol–water partition coefficient (Wildman–Crippen LogP) is 2.03. The van der Waals surface area contributed by atoms with E-state index in [-0.39, 0.29) is 30.1 Å². The van der Waals surface area contributed by atoms with Gasteiger partial charge in [0.15, 0.2) is 5.78 Å². The van der Waals surface area contributed by atoms with Crippen molar-refractivity contribution in [3.8, 4) is 0 Å². The zero-order valence-electron chi connectivity index (χ0n) is 15.6. The second-order valence-electron chi connectivity index (χ2n) is 6.50. The molecule has 2 aromatic rings. The van der Waals surface area contributed by atoms with E-state index >= 15 is 0 Å². The summed E-state index contributed by atoms with van der Waals surface area (Å²) in [4.78, 5) is 34.7. The van der Waals surface area contributed by atoms with Crippen LogP contribution < -0.4 is 5.32 Å². The molecule has 0 spiro atoms. The van der Waals surface area contributed by atoms with Crippen LogP contribution >= 0.6 is 12.4 Å². The number of rotatable bonds is 4. The van der Waals surface area contributed by atoms with Gasteiger partial charge in [0, 0.05) is 50.3 Å². The maximum absolute atomic E-state index is 13.3. The summed E-state index contributed by atoms with van der Waals surface area (Å²) in [5, 5.41) is 3.34. The first-order valence-corrected chi connectivity index (χ1v) is 8.67. The van der Waals surface area contributed by atoms with Crippen molar-refractivity contribution in [3.05, 3.63) is 40.7 Å². The molecule has 1 amide bonds. The van der Waals surface area contributed by atoms with Crippen LogP contribution in [0.1, 0.15) is 57.8 Å². The number of aromatic amines is 1. The minimum Gasteiger partial charge on any atom is -0.354 e. The topological polar surface area (TPSA) is 83.0 Å². The van der Waals surface area contributed by atoms with Gasteiger partial charge in [-0.15, -0.1) is 12.4 Å². The second kappa shape index (κ2) is 8.05. The van der Waals surface area contributed by atoms with Crippen LogP contribution in [0.4, 0.5) is 0 Å². The van der Waals surface area contributed by atoms with Crippen LogP contribution in [-0.4, -0.2) is 50.8 Å². The minimum absolute atomic E-state index is 0. The Morgan fingerprint density at radius 3 is 2.69 bits per heavy atom. The number of carbonyl (C=O) groups excluding carboxylic acids is 2. The highest BCUT2D eigenvalue weighted by Gasteiger charge is 2.33. The van der Waals surface area contributed by atoms with Gasteiger partial charge in [-0.2, -0.15) is 0 Å². The molecule has 0 bridgehead atoms. The molecule has 1 fully saturated rings. The van der Waals surface area contributed by atoms with Crippen LogP contribution in [0.2, 0.25) is 0 Å². The normalized spacial score (nSPS) is 17.1. The lowest BCUT2D eigenvalue weighted by Crippen LogP contribution is -2.49. The fourth-order valence-corrected chi connectivity index (χ4v) is 3.71. The van der Waals surface area contributed by atoms with Crippen molar-refractivity contribution in [2.75, 3.05) is 19.6 Å². The number of aromatic nitrogens is 3. The van der Waals surface area contributed by atoms with Crippen molar-refractivity contribution in [1.82, 2.24) is 24.8 Å². The van der Waals surface area contributed by atoms with Crippen molar-refractivity contribution in [1.29, 1.82) is 0 Å². The van der Waals surface area contributed by atoms with E-state index in [0.29, 0.717) is 30.8 Å². The summed E-state index contributed by atoms with van der Waals surface area (Å²) in [6.07, 6.45) is 4.27. The number of hydrogen-bond acceptors (Lipinski definition) is 4. The third kappa shape index (κ3) is 3.41. The van der Waals surface area contributed by atoms with E-state index < -0.39 is 0 Å². The molecule has 26 heavy (non-hydrogen) atoms. The molecule has 1 aliphatic heterocycles. The number of halogens is 1. The summed E-state index contributed by atoms with van der Waals surface area (Å²) >= 11 is 0. The Hall–Kier alpha value is -2.12. The number of Topliss-reactive ketones (excluding diaryl/α,β-unsaturated/α-hetero) is 1. The van der Waals surface area contributed by atoms with Crippen LogP contribution in [0.15, 0.2) is 12.4 Å². The number of nitrogens with one attached hydrogen (secondary N) is 2. The standard InChI is InChI=1S/C18H25N5O2.ClH/c1-5-13-15(12(3)24)11(2)21-16(13)18(25)23-9-6-19-10-14(23)17-20-7-8-22(17)4;/h7-8,14,19,21H,5-6,9-10H2,1-4H3;1H. The molecule has 3 rings (SSSR count). The molecule has 3 heterocycles. The van der Waals surface area contributed by atoms with Gasteiger partial charge in [-0.25, -0.2) is 4.98 Å². The first-order valence-electron chi connectivity index (χ1n) is 8.67. The number of H-pyrrole nitrogens is 1. The third-order valence-corrected chi connectivity index (χ3v) is 4.87. The quantitative estimate of drug-likeness (QED) is 0.796. The molecule has 2 aromatic heterocycles. The van der Waals surface area contributed by atoms with Crippen LogP contribution in [-0.2, 0) is 13.5 Å². The SMILES string of the molecule is CCc1c(C(=O)N2CCNCC2c2nccn2C)[nH]c(C)c1C(C)=O.Cl. The Bertz CT molecular complexity index is 811. The van der Waals surface area contributed by atoms with Crippen molar-refractivity contribution in [3.63, 3.8) is 0 Å². The molecule has 1 saturated heterocycles. The van der Waals surface area contributed by atoms with Crippen molar-refractivity contribution >= 4 is 24.1 Å². The van der Waals surface area contributed by atoms with Gasteiger partial charge in [0.1, 0.15) is 17.6 Å². The molecule has 8 heteroatoms. The molecular formula is C18H26ClN5O2. The van der Waals surface area contributed by atoms with E-state index in [1.54, 1.807) is 13.1 Å². The van der Waals surface area contributed by atoms with Gasteiger partial charge in [0.25, 0.3) is 5.91 Å². The van der Waals surface area contributed by atoms with Gasteiger partial charge in [-0.1, -0.05) is 6.92 Å². The minimum atomic E-state index is -0.129. The summed E-state index contributed by atoms with van der Waals surface area (Å²) in [5.74, 6) is 0.779. The highest BCUT2D eigenvalue weighted by atomic mass is 35.5. The molecule has 1 atom stereocenters. The highest BCUT2D eigenvalue weighted by molar-refractivity contribution is 6.02. The third-order valence-electron chi connectivity index (χ3n) is 4.87. The fraction of sp³-hybridized carbons (Fsp3) is 0.500. The number of aryl methyl sites for hydroxylation is 2. The van der Waals surface area contributed by atoms with Crippen molar-refractivity contribution in [2.24, 2.45) is 7.05 Å². The molecular weight excluding hydrogens is 354 g/mol. The Kier molecular flexibility index (Phi) is 6.26. The zero-order chi connectivity index (χ0) is 18.1. The summed E-state index contributed by atoms with van der Waals surface area (Å²) < 4.78 is 1.94. The molecule has 7 nitrogen and oxygen atoms in total. The van der Waals surface area contributed by atoms with Crippen molar-refractivity contribution < 1.29 is 9.59 Å². The lowest BCUT2D eigenvalue weighted by molar-refractivity contribution is 0.0614. The number of ketones is 1. The van der Waals surface area contributed by atoms with E-state index in [0.717, 1.165) is 23.6 Å². The maximum atomic E-state index is 13.3. The Labute approximate surface area is 159 Å². The lowest BCUT2D eigenvalue weighted by Gasteiger charge is -2.35. The monoisotopic (exact) mass is 379 g/mol. The average Bonchev–Trinajstić information content (AvgIpc) is 3.16. The van der Waals surface area contributed by atoms with E-state index in [9.17, 15) is 9.59 Å². The Morgan fingerprint density at radius 2 is 2.12 bits per heavy atom. The first kappa shape index (κ1) is 20.2. The average molecular weight is 380 g/mol. The predicted molar refractivity (Wildman–Crippen MR) is 102 cm³/mol. The number of piperazine rings is 1. The van der Waals surface area contributed by atoms with E-state index in [4.69, 9.17) is 0 Å². The number of carbonyl (C=O) groups is 2. The largest absolute Gasteiger partial charge is 0.354 e.